The average Bonchev–Trinajstić information content (AvgIpc) is 2.01. The molecular formula is C6H14O3SSi. The quantitative estimate of drug-likeness (QED) is 0.340. The normalized spacial score (nSPS) is 10.5. The summed E-state index contributed by atoms with van der Waals surface area (Å²) in [5, 5.41) is 0.564. The smallest absolute Gasteiger partial charge is 0.164 e. The Labute approximate surface area is 75.4 Å². The Morgan fingerprint density at radius 2 is 2.00 bits per heavy atom. The lowest BCUT2D eigenvalue weighted by Crippen LogP contribution is -2.18. The third-order valence-corrected chi connectivity index (χ3v) is 1.74. The molecule has 5 heteroatoms. The molecule has 11 heavy (non-hydrogen) atoms. The lowest BCUT2D eigenvalue weighted by Gasteiger charge is -2.13. The van der Waals surface area contributed by atoms with Crippen molar-refractivity contribution in [1.29, 1.82) is 0 Å². The van der Waals surface area contributed by atoms with Crippen LogP contribution in [0.1, 0.15) is 6.42 Å². The molecule has 0 aromatic heterocycles. The van der Waals surface area contributed by atoms with Crippen LogP contribution in [-0.4, -0.2) is 42.0 Å². The molecule has 0 rings (SSSR count). The monoisotopic (exact) mass is 194 g/mol. The molecule has 0 fully saturated rings. The summed E-state index contributed by atoms with van der Waals surface area (Å²) in [6, 6.07) is 0. The highest BCUT2D eigenvalue weighted by atomic mass is 32.1. The number of hydrogen-bond acceptors (Lipinski definition) is 4. The second-order valence-electron chi connectivity index (χ2n) is 1.91. The summed E-state index contributed by atoms with van der Waals surface area (Å²) in [6.07, 6.45) is 1.000. The zero-order valence-electron chi connectivity index (χ0n) is 7.12. The van der Waals surface area contributed by atoms with Crippen molar-refractivity contribution in [3.05, 3.63) is 0 Å². The largest absolute Gasteiger partial charge is 0.492 e. The van der Waals surface area contributed by atoms with Gasteiger partial charge in [0.05, 0.1) is 22.9 Å². The molecule has 0 aliphatic rings. The summed E-state index contributed by atoms with van der Waals surface area (Å²) < 4.78 is 15.0. The van der Waals surface area contributed by atoms with E-state index in [4.69, 9.17) is 26.4 Å². The molecular weight excluding hydrogens is 180 g/mol. The summed E-state index contributed by atoms with van der Waals surface area (Å²) in [6.45, 7) is 0. The first-order chi connectivity index (χ1) is 5.24. The van der Waals surface area contributed by atoms with Gasteiger partial charge in [-0.25, -0.2) is 0 Å². The van der Waals surface area contributed by atoms with Gasteiger partial charge in [-0.05, 0) is 12.2 Å². The molecule has 0 aromatic rings. The van der Waals surface area contributed by atoms with Crippen LogP contribution in [0.25, 0.3) is 0 Å². The van der Waals surface area contributed by atoms with E-state index in [1.165, 1.54) is 0 Å². The van der Waals surface area contributed by atoms with E-state index in [0.717, 1.165) is 16.5 Å². The van der Waals surface area contributed by atoms with Crippen molar-refractivity contribution in [1.82, 2.24) is 0 Å². The number of thiocarbonyl (C=S) groups is 1. The first-order valence-corrected chi connectivity index (χ1v) is 5.28. The van der Waals surface area contributed by atoms with Crippen LogP contribution in [0.5, 0.6) is 0 Å². The Morgan fingerprint density at radius 1 is 1.45 bits per heavy atom. The van der Waals surface area contributed by atoms with Crippen molar-refractivity contribution >= 4 is 27.5 Å². The Kier molecular flexibility index (Phi) is 6.74. The maximum Gasteiger partial charge on any atom is 0.164 e. The maximum atomic E-state index is 5.11. The summed E-state index contributed by atoms with van der Waals surface area (Å²) in [5.41, 5.74) is 0. The van der Waals surface area contributed by atoms with Gasteiger partial charge in [-0.2, -0.15) is 0 Å². The predicted octanol–water partition coefficient (Wildman–Crippen LogP) is -0.338. The fourth-order valence-electron chi connectivity index (χ4n) is 0.619. The van der Waals surface area contributed by atoms with Gasteiger partial charge in [0, 0.05) is 14.2 Å². The fraction of sp³-hybridized carbons (Fsp3) is 0.833. The Balaban J connectivity index is 3.54. The van der Waals surface area contributed by atoms with E-state index in [0.29, 0.717) is 11.5 Å². The lowest BCUT2D eigenvalue weighted by atomic mass is 10.4. The molecule has 0 bridgehead atoms. The van der Waals surface area contributed by atoms with Crippen molar-refractivity contribution in [2.24, 2.45) is 0 Å². The highest BCUT2D eigenvalue weighted by Gasteiger charge is 2.08. The van der Waals surface area contributed by atoms with Crippen molar-refractivity contribution in [3.8, 4) is 0 Å². The third-order valence-electron chi connectivity index (χ3n) is 1.16. The van der Waals surface area contributed by atoms with Crippen LogP contribution in [0, 0.1) is 0 Å². The molecule has 0 aliphatic carbocycles. The molecule has 0 saturated heterocycles. The molecule has 0 atom stereocenters. The average molecular weight is 194 g/mol. The minimum Gasteiger partial charge on any atom is -0.492 e. The van der Waals surface area contributed by atoms with Gasteiger partial charge in [-0.1, -0.05) is 0 Å². The van der Waals surface area contributed by atoms with Gasteiger partial charge in [0.15, 0.2) is 11.3 Å². The summed E-state index contributed by atoms with van der Waals surface area (Å²) in [7, 11) is 4.16. The number of hydrogen-bond donors (Lipinski definition) is 0. The maximum absolute atomic E-state index is 5.11. The Hall–Kier alpha value is 0.0269. The molecule has 0 unspecified atom stereocenters. The SMILES string of the molecule is COC(CC(=S)OC[SiH3])OC. The van der Waals surface area contributed by atoms with Crippen LogP contribution < -0.4 is 0 Å². The van der Waals surface area contributed by atoms with Crippen molar-refractivity contribution in [2.45, 2.75) is 12.7 Å². The predicted molar refractivity (Wildman–Crippen MR) is 50.9 cm³/mol. The number of methoxy groups -OCH3 is 2. The van der Waals surface area contributed by atoms with Crippen LogP contribution in [-0.2, 0) is 14.2 Å². The van der Waals surface area contributed by atoms with Crippen LogP contribution in [0.2, 0.25) is 0 Å². The van der Waals surface area contributed by atoms with E-state index in [1.54, 1.807) is 14.2 Å². The molecule has 0 heterocycles. The van der Waals surface area contributed by atoms with Crippen molar-refractivity contribution in [3.63, 3.8) is 0 Å². The highest BCUT2D eigenvalue weighted by molar-refractivity contribution is 7.80. The van der Waals surface area contributed by atoms with E-state index in [2.05, 4.69) is 0 Å². The van der Waals surface area contributed by atoms with E-state index in [9.17, 15) is 0 Å². The van der Waals surface area contributed by atoms with E-state index in [-0.39, 0.29) is 6.29 Å². The third kappa shape index (κ3) is 5.31. The zero-order chi connectivity index (χ0) is 8.69. The lowest BCUT2D eigenvalue weighted by molar-refractivity contribution is -0.0974. The molecule has 0 saturated carbocycles. The van der Waals surface area contributed by atoms with Gasteiger partial charge in [0.25, 0.3) is 0 Å². The minimum absolute atomic E-state index is 0.268. The summed E-state index contributed by atoms with van der Waals surface area (Å²) in [5.74, 6) is 0. The minimum atomic E-state index is -0.268. The van der Waals surface area contributed by atoms with Crippen LogP contribution in [0.4, 0.5) is 0 Å². The van der Waals surface area contributed by atoms with Crippen molar-refractivity contribution < 1.29 is 14.2 Å². The number of ether oxygens (including phenoxy) is 3. The van der Waals surface area contributed by atoms with Crippen LogP contribution in [0.3, 0.4) is 0 Å². The van der Waals surface area contributed by atoms with Crippen molar-refractivity contribution in [2.75, 3.05) is 20.4 Å². The van der Waals surface area contributed by atoms with Gasteiger partial charge in [0.2, 0.25) is 0 Å². The first kappa shape index (κ1) is 11.0. The topological polar surface area (TPSA) is 27.7 Å². The van der Waals surface area contributed by atoms with Gasteiger partial charge in [-0.15, -0.1) is 0 Å². The number of rotatable bonds is 5. The second kappa shape index (κ2) is 6.72. The van der Waals surface area contributed by atoms with Gasteiger partial charge in [-0.3, -0.25) is 0 Å². The second-order valence-corrected chi connectivity index (χ2v) is 2.94. The molecule has 3 nitrogen and oxygen atoms in total. The summed E-state index contributed by atoms with van der Waals surface area (Å²) in [4.78, 5) is 0. The highest BCUT2D eigenvalue weighted by Crippen LogP contribution is 2.00. The zero-order valence-corrected chi connectivity index (χ0v) is 9.94. The van der Waals surface area contributed by atoms with Crippen LogP contribution >= 0.6 is 12.2 Å². The van der Waals surface area contributed by atoms with E-state index < -0.39 is 0 Å². The Morgan fingerprint density at radius 3 is 2.36 bits per heavy atom. The fourth-order valence-corrected chi connectivity index (χ4v) is 1.43. The van der Waals surface area contributed by atoms with Crippen LogP contribution in [0.15, 0.2) is 0 Å². The van der Waals surface area contributed by atoms with Gasteiger partial charge < -0.3 is 14.2 Å². The molecule has 0 radical (unpaired) electrons. The molecule has 0 amide bonds. The summed E-state index contributed by atoms with van der Waals surface area (Å²) >= 11 is 4.90. The molecule has 0 N–H and O–H groups in total. The molecule has 66 valence electrons. The van der Waals surface area contributed by atoms with Gasteiger partial charge >= 0.3 is 0 Å². The Bertz CT molecular complexity index is 116. The standard InChI is InChI=1S/C6H14O3SSi/c1-7-5(8-2)3-6(10)9-4-11/h5H,3-4H2,1-2,11H3. The van der Waals surface area contributed by atoms with E-state index >= 15 is 0 Å². The first-order valence-electron chi connectivity index (χ1n) is 3.45. The van der Waals surface area contributed by atoms with Gasteiger partial charge in [0.1, 0.15) is 0 Å². The molecule has 0 aliphatic heterocycles. The molecule has 0 spiro atoms. The molecule has 0 aromatic carbocycles. The van der Waals surface area contributed by atoms with E-state index in [1.807, 2.05) is 0 Å².